The lowest BCUT2D eigenvalue weighted by Gasteiger charge is -2.26. The van der Waals surface area contributed by atoms with Crippen LogP contribution in [0.25, 0.3) is 11.1 Å². The minimum atomic E-state index is -0.246. The van der Waals surface area contributed by atoms with Crippen molar-refractivity contribution in [3.63, 3.8) is 0 Å². The molecule has 3 rings (SSSR count). The molecule has 138 valence electrons. The Morgan fingerprint density at radius 3 is 2.19 bits per heavy atom. The monoisotopic (exact) mass is 355 g/mol. The highest BCUT2D eigenvalue weighted by atomic mass is 19.1. The van der Waals surface area contributed by atoms with E-state index in [-0.39, 0.29) is 11.8 Å². The van der Waals surface area contributed by atoms with Gasteiger partial charge >= 0.3 is 6.03 Å². The molecule has 1 aliphatic rings. The summed E-state index contributed by atoms with van der Waals surface area (Å²) in [6.07, 6.45) is 4.90. The van der Waals surface area contributed by atoms with E-state index in [4.69, 9.17) is 0 Å². The van der Waals surface area contributed by atoms with Crippen LogP contribution >= 0.6 is 0 Å². The summed E-state index contributed by atoms with van der Waals surface area (Å²) in [6.45, 7) is 4.10. The zero-order chi connectivity index (χ0) is 18.2. The smallest absolute Gasteiger partial charge is 0.319 e. The van der Waals surface area contributed by atoms with Gasteiger partial charge in [0.15, 0.2) is 0 Å². The number of benzene rings is 2. The van der Waals surface area contributed by atoms with Crippen molar-refractivity contribution in [3.05, 3.63) is 54.3 Å². The Morgan fingerprint density at radius 2 is 1.54 bits per heavy atom. The van der Waals surface area contributed by atoms with E-state index in [0.29, 0.717) is 6.54 Å². The lowest BCUT2D eigenvalue weighted by Crippen LogP contribution is -2.34. The highest BCUT2D eigenvalue weighted by Gasteiger charge is 2.09. The second-order valence-corrected chi connectivity index (χ2v) is 6.72. The van der Waals surface area contributed by atoms with E-state index in [1.807, 2.05) is 24.3 Å². The van der Waals surface area contributed by atoms with Gasteiger partial charge in [-0.05, 0) is 74.3 Å². The van der Waals surface area contributed by atoms with Gasteiger partial charge in [-0.2, -0.15) is 0 Å². The number of amides is 2. The largest absolute Gasteiger partial charge is 0.338 e. The zero-order valence-electron chi connectivity index (χ0n) is 15.0. The van der Waals surface area contributed by atoms with Crippen molar-refractivity contribution in [2.24, 2.45) is 0 Å². The maximum Gasteiger partial charge on any atom is 0.319 e. The molecule has 2 aromatic carbocycles. The van der Waals surface area contributed by atoms with Crippen molar-refractivity contribution >= 4 is 11.7 Å². The number of piperidine rings is 1. The van der Waals surface area contributed by atoms with Crippen LogP contribution < -0.4 is 10.6 Å². The van der Waals surface area contributed by atoms with Gasteiger partial charge in [0.25, 0.3) is 0 Å². The van der Waals surface area contributed by atoms with Gasteiger partial charge in [0, 0.05) is 12.2 Å². The molecule has 0 atom stereocenters. The van der Waals surface area contributed by atoms with Crippen molar-refractivity contribution in [3.8, 4) is 11.1 Å². The van der Waals surface area contributed by atoms with Gasteiger partial charge < -0.3 is 15.5 Å². The number of carbonyl (C=O) groups is 1. The van der Waals surface area contributed by atoms with Crippen molar-refractivity contribution in [1.29, 1.82) is 0 Å². The molecule has 0 bridgehead atoms. The highest BCUT2D eigenvalue weighted by Crippen LogP contribution is 2.21. The molecule has 0 saturated carbocycles. The normalized spacial score (nSPS) is 14.8. The van der Waals surface area contributed by atoms with Gasteiger partial charge in [0.05, 0.1) is 0 Å². The number of carbonyl (C=O) groups excluding carboxylic acids is 1. The van der Waals surface area contributed by atoms with Gasteiger partial charge in [-0.15, -0.1) is 0 Å². The Kier molecular flexibility index (Phi) is 6.61. The topological polar surface area (TPSA) is 44.4 Å². The van der Waals surface area contributed by atoms with Crippen LogP contribution in [0.5, 0.6) is 0 Å². The third-order valence-corrected chi connectivity index (χ3v) is 4.71. The van der Waals surface area contributed by atoms with E-state index < -0.39 is 0 Å². The molecule has 2 amide bonds. The summed E-state index contributed by atoms with van der Waals surface area (Å²) in [4.78, 5) is 14.4. The minimum Gasteiger partial charge on any atom is -0.338 e. The average Bonchev–Trinajstić information content (AvgIpc) is 2.67. The Balaban J connectivity index is 1.40. The second kappa shape index (κ2) is 9.34. The Morgan fingerprint density at radius 1 is 0.923 bits per heavy atom. The van der Waals surface area contributed by atoms with Crippen LogP contribution in [-0.4, -0.2) is 37.1 Å². The quantitative estimate of drug-likeness (QED) is 0.750. The zero-order valence-corrected chi connectivity index (χ0v) is 15.0. The van der Waals surface area contributed by atoms with Crippen LogP contribution in [0.2, 0.25) is 0 Å². The van der Waals surface area contributed by atoms with Gasteiger partial charge in [-0.1, -0.05) is 30.7 Å². The molecular weight excluding hydrogens is 329 g/mol. The molecule has 5 heteroatoms. The van der Waals surface area contributed by atoms with Gasteiger partial charge in [-0.3, -0.25) is 0 Å². The summed E-state index contributed by atoms with van der Waals surface area (Å²) in [7, 11) is 0. The Hall–Kier alpha value is -2.40. The Labute approximate surface area is 154 Å². The SMILES string of the molecule is O=C(NCCCN1CCCCC1)Nc1ccc(-c2ccc(F)cc2)cc1. The predicted molar refractivity (Wildman–Crippen MR) is 104 cm³/mol. The number of halogens is 1. The molecular formula is C21H26FN3O. The van der Waals surface area contributed by atoms with Crippen molar-refractivity contribution in [1.82, 2.24) is 10.2 Å². The molecule has 2 aromatic rings. The molecule has 1 saturated heterocycles. The van der Waals surface area contributed by atoms with Crippen LogP contribution in [0.4, 0.5) is 14.9 Å². The average molecular weight is 355 g/mol. The summed E-state index contributed by atoms with van der Waals surface area (Å²) in [5, 5.41) is 5.75. The summed E-state index contributed by atoms with van der Waals surface area (Å²) in [6, 6.07) is 13.7. The molecule has 0 radical (unpaired) electrons. The number of likely N-dealkylation sites (tertiary alicyclic amines) is 1. The summed E-state index contributed by atoms with van der Waals surface area (Å²) >= 11 is 0. The predicted octanol–water partition coefficient (Wildman–Crippen LogP) is 4.49. The van der Waals surface area contributed by atoms with Crippen molar-refractivity contribution < 1.29 is 9.18 Å². The minimum absolute atomic E-state index is 0.182. The number of nitrogens with zero attached hydrogens (tertiary/aromatic N) is 1. The fraction of sp³-hybridized carbons (Fsp3) is 0.381. The fourth-order valence-electron chi connectivity index (χ4n) is 3.25. The number of hydrogen-bond donors (Lipinski definition) is 2. The number of urea groups is 1. The molecule has 26 heavy (non-hydrogen) atoms. The van der Waals surface area contributed by atoms with E-state index >= 15 is 0 Å². The van der Waals surface area contributed by atoms with E-state index in [1.165, 1.54) is 44.5 Å². The van der Waals surface area contributed by atoms with Gasteiger partial charge in [0.1, 0.15) is 5.82 Å². The van der Waals surface area contributed by atoms with Crippen LogP contribution in [0.15, 0.2) is 48.5 Å². The van der Waals surface area contributed by atoms with Crippen molar-refractivity contribution in [2.45, 2.75) is 25.7 Å². The fourth-order valence-corrected chi connectivity index (χ4v) is 3.25. The summed E-state index contributed by atoms with van der Waals surface area (Å²) < 4.78 is 13.0. The molecule has 0 aliphatic carbocycles. The Bertz CT molecular complexity index is 694. The lowest BCUT2D eigenvalue weighted by molar-refractivity contribution is 0.224. The molecule has 4 nitrogen and oxygen atoms in total. The van der Waals surface area contributed by atoms with Crippen molar-refractivity contribution in [2.75, 3.05) is 31.5 Å². The first kappa shape index (κ1) is 18.4. The van der Waals surface area contributed by atoms with E-state index in [1.54, 1.807) is 12.1 Å². The van der Waals surface area contributed by atoms with Crippen LogP contribution in [0.1, 0.15) is 25.7 Å². The molecule has 2 N–H and O–H groups in total. The van der Waals surface area contributed by atoms with Gasteiger partial charge in [-0.25, -0.2) is 9.18 Å². The van der Waals surface area contributed by atoms with E-state index in [9.17, 15) is 9.18 Å². The first-order valence-corrected chi connectivity index (χ1v) is 9.34. The first-order chi connectivity index (χ1) is 12.7. The van der Waals surface area contributed by atoms with Crippen LogP contribution in [0.3, 0.4) is 0 Å². The third kappa shape index (κ3) is 5.56. The van der Waals surface area contributed by atoms with Crippen LogP contribution in [-0.2, 0) is 0 Å². The van der Waals surface area contributed by atoms with E-state index in [2.05, 4.69) is 15.5 Å². The molecule has 0 unspecified atom stereocenters. The van der Waals surface area contributed by atoms with Crippen LogP contribution in [0, 0.1) is 5.82 Å². The van der Waals surface area contributed by atoms with E-state index in [0.717, 1.165) is 29.8 Å². The molecule has 0 aromatic heterocycles. The number of anilines is 1. The summed E-state index contributed by atoms with van der Waals surface area (Å²) in [5.74, 6) is -0.246. The molecule has 1 heterocycles. The molecule has 1 aliphatic heterocycles. The van der Waals surface area contributed by atoms with Gasteiger partial charge in [0.2, 0.25) is 0 Å². The third-order valence-electron chi connectivity index (χ3n) is 4.71. The highest BCUT2D eigenvalue weighted by molar-refractivity contribution is 5.89. The maximum atomic E-state index is 13.0. The number of nitrogens with one attached hydrogen (secondary N) is 2. The standard InChI is InChI=1S/C21H26FN3O/c22-19-9-5-17(6-10-19)18-7-11-20(12-8-18)24-21(26)23-13-4-16-25-14-2-1-3-15-25/h5-12H,1-4,13-16H2,(H2,23,24,26). The number of rotatable bonds is 6. The second-order valence-electron chi connectivity index (χ2n) is 6.72. The summed E-state index contributed by atoms with van der Waals surface area (Å²) in [5.41, 5.74) is 2.67. The first-order valence-electron chi connectivity index (χ1n) is 9.34. The maximum absolute atomic E-state index is 13.0. The number of hydrogen-bond acceptors (Lipinski definition) is 2. The molecule has 0 spiro atoms. The lowest BCUT2D eigenvalue weighted by atomic mass is 10.1. The molecule has 1 fully saturated rings.